The molecule has 0 aliphatic heterocycles. The van der Waals surface area contributed by atoms with Crippen LogP contribution in [0.2, 0.25) is 0 Å². The third-order valence-corrected chi connectivity index (χ3v) is 4.09. The summed E-state index contributed by atoms with van der Waals surface area (Å²) in [6, 6.07) is 5.43. The predicted molar refractivity (Wildman–Crippen MR) is 74.3 cm³/mol. The number of rotatable bonds is 4. The van der Waals surface area contributed by atoms with E-state index in [0.29, 0.717) is 11.6 Å². The fourth-order valence-electron chi connectivity index (χ4n) is 1.80. The van der Waals surface area contributed by atoms with Gasteiger partial charge >= 0.3 is 0 Å². The third kappa shape index (κ3) is 2.76. The Morgan fingerprint density at radius 1 is 1.44 bits per heavy atom. The Labute approximate surface area is 111 Å². The summed E-state index contributed by atoms with van der Waals surface area (Å²) in [5.41, 5.74) is 1.64. The number of thiazole rings is 1. The first-order valence-corrected chi connectivity index (χ1v) is 6.89. The van der Waals surface area contributed by atoms with Crippen molar-refractivity contribution >= 4 is 11.3 Å². The topological polar surface area (TPSA) is 24.9 Å². The first-order chi connectivity index (χ1) is 8.61. The Balaban J connectivity index is 2.26. The molecule has 1 aromatic carbocycles. The van der Waals surface area contributed by atoms with Crippen LogP contribution in [0.15, 0.2) is 24.4 Å². The average molecular weight is 264 g/mol. The van der Waals surface area contributed by atoms with Crippen LogP contribution in [0, 0.1) is 12.7 Å². The Bertz CT molecular complexity index is 536. The minimum Gasteiger partial charge on any atom is -0.310 e. The van der Waals surface area contributed by atoms with Gasteiger partial charge in [0.05, 0.1) is 0 Å². The van der Waals surface area contributed by atoms with Crippen molar-refractivity contribution in [1.82, 2.24) is 10.3 Å². The zero-order valence-electron chi connectivity index (χ0n) is 10.8. The number of hydrogen-bond donors (Lipinski definition) is 1. The molecular formula is C14H17FN2S. The molecule has 2 nitrogen and oxygen atoms in total. The highest BCUT2D eigenvalue weighted by Gasteiger charge is 2.10. The van der Waals surface area contributed by atoms with Gasteiger partial charge in [0.2, 0.25) is 0 Å². The smallest absolute Gasteiger partial charge is 0.126 e. The maximum Gasteiger partial charge on any atom is 0.126 e. The van der Waals surface area contributed by atoms with Crippen molar-refractivity contribution in [3.05, 3.63) is 40.7 Å². The van der Waals surface area contributed by atoms with E-state index in [4.69, 9.17) is 0 Å². The first-order valence-electron chi connectivity index (χ1n) is 6.07. The fourth-order valence-corrected chi connectivity index (χ4v) is 2.74. The van der Waals surface area contributed by atoms with Crippen LogP contribution >= 0.6 is 11.3 Å². The maximum atomic E-state index is 13.2. The predicted octanol–water partition coefficient (Wildman–Crippen LogP) is 3.93. The highest BCUT2D eigenvalue weighted by atomic mass is 32.1. The van der Waals surface area contributed by atoms with Crippen LogP contribution in [0.4, 0.5) is 4.39 Å². The number of aryl methyl sites for hydroxylation is 1. The summed E-state index contributed by atoms with van der Waals surface area (Å²) in [5, 5.41) is 4.30. The molecule has 1 unspecified atom stereocenters. The molecule has 0 saturated heterocycles. The van der Waals surface area contributed by atoms with Crippen molar-refractivity contribution in [2.45, 2.75) is 26.8 Å². The molecule has 1 heterocycles. The molecule has 1 aromatic heterocycles. The van der Waals surface area contributed by atoms with Gasteiger partial charge in [0, 0.05) is 22.7 Å². The summed E-state index contributed by atoms with van der Waals surface area (Å²) in [6.45, 7) is 6.91. The van der Waals surface area contributed by atoms with Gasteiger partial charge in [0.25, 0.3) is 0 Å². The summed E-state index contributed by atoms with van der Waals surface area (Å²) in [6.07, 6.45) is 1.89. The van der Waals surface area contributed by atoms with Crippen molar-refractivity contribution in [3.8, 4) is 10.6 Å². The molecule has 4 heteroatoms. The number of aromatic nitrogens is 1. The van der Waals surface area contributed by atoms with E-state index in [2.05, 4.69) is 24.1 Å². The van der Waals surface area contributed by atoms with E-state index in [1.165, 1.54) is 10.9 Å². The summed E-state index contributed by atoms with van der Waals surface area (Å²) >= 11 is 1.65. The summed E-state index contributed by atoms with van der Waals surface area (Å²) in [7, 11) is 0. The lowest BCUT2D eigenvalue weighted by Gasteiger charge is -2.08. The van der Waals surface area contributed by atoms with Crippen molar-refractivity contribution in [3.63, 3.8) is 0 Å². The van der Waals surface area contributed by atoms with Crippen molar-refractivity contribution in [2.75, 3.05) is 6.54 Å². The van der Waals surface area contributed by atoms with Crippen LogP contribution < -0.4 is 5.32 Å². The number of benzene rings is 1. The SMILES string of the molecule is CCNC(C)c1cnc(-c2ccc(F)c(C)c2)s1. The second-order valence-corrected chi connectivity index (χ2v) is 5.37. The first kappa shape index (κ1) is 13.2. The molecule has 1 atom stereocenters. The lowest BCUT2D eigenvalue weighted by atomic mass is 10.1. The van der Waals surface area contributed by atoms with Gasteiger partial charge < -0.3 is 5.32 Å². The second kappa shape index (κ2) is 5.59. The van der Waals surface area contributed by atoms with Gasteiger partial charge in [-0.25, -0.2) is 9.37 Å². The number of halogens is 1. The Hall–Kier alpha value is -1.26. The monoisotopic (exact) mass is 264 g/mol. The van der Waals surface area contributed by atoms with Crippen molar-refractivity contribution < 1.29 is 4.39 Å². The van der Waals surface area contributed by atoms with Crippen LogP contribution in [-0.4, -0.2) is 11.5 Å². The molecule has 0 amide bonds. The highest BCUT2D eigenvalue weighted by Crippen LogP contribution is 2.29. The molecule has 0 aliphatic carbocycles. The zero-order chi connectivity index (χ0) is 13.1. The van der Waals surface area contributed by atoms with Crippen LogP contribution in [0.3, 0.4) is 0 Å². The molecule has 18 heavy (non-hydrogen) atoms. The van der Waals surface area contributed by atoms with Crippen LogP contribution in [-0.2, 0) is 0 Å². The minimum atomic E-state index is -0.170. The van der Waals surface area contributed by atoms with Gasteiger partial charge in [-0.3, -0.25) is 0 Å². The normalized spacial score (nSPS) is 12.7. The summed E-state index contributed by atoms with van der Waals surface area (Å²) < 4.78 is 13.2. The number of nitrogens with zero attached hydrogens (tertiary/aromatic N) is 1. The van der Waals surface area contributed by atoms with E-state index in [9.17, 15) is 4.39 Å². The molecule has 0 radical (unpaired) electrons. The minimum absolute atomic E-state index is 0.170. The quantitative estimate of drug-likeness (QED) is 0.905. The van der Waals surface area contributed by atoms with Gasteiger partial charge in [0.1, 0.15) is 10.8 Å². The van der Waals surface area contributed by atoms with Crippen molar-refractivity contribution in [1.29, 1.82) is 0 Å². The molecular weight excluding hydrogens is 247 g/mol. The van der Waals surface area contributed by atoms with E-state index in [1.54, 1.807) is 24.3 Å². The highest BCUT2D eigenvalue weighted by molar-refractivity contribution is 7.15. The van der Waals surface area contributed by atoms with E-state index < -0.39 is 0 Å². The van der Waals surface area contributed by atoms with E-state index in [1.807, 2.05) is 12.3 Å². The number of nitrogens with one attached hydrogen (secondary N) is 1. The van der Waals surface area contributed by atoms with Crippen LogP contribution in [0.25, 0.3) is 10.6 Å². The molecule has 0 fully saturated rings. The summed E-state index contributed by atoms with van der Waals surface area (Å²) in [5.74, 6) is -0.170. The van der Waals surface area contributed by atoms with Gasteiger partial charge in [-0.2, -0.15) is 0 Å². The van der Waals surface area contributed by atoms with Gasteiger partial charge in [-0.1, -0.05) is 6.92 Å². The van der Waals surface area contributed by atoms with Crippen LogP contribution in [0.1, 0.15) is 30.3 Å². The molecule has 0 bridgehead atoms. The molecule has 0 saturated carbocycles. The van der Waals surface area contributed by atoms with E-state index >= 15 is 0 Å². The molecule has 1 N–H and O–H groups in total. The Morgan fingerprint density at radius 3 is 2.89 bits per heavy atom. The molecule has 0 spiro atoms. The third-order valence-electron chi connectivity index (χ3n) is 2.87. The van der Waals surface area contributed by atoms with Crippen molar-refractivity contribution in [2.24, 2.45) is 0 Å². The van der Waals surface area contributed by atoms with E-state index in [-0.39, 0.29) is 5.82 Å². The van der Waals surface area contributed by atoms with Gasteiger partial charge in [0.15, 0.2) is 0 Å². The number of hydrogen-bond acceptors (Lipinski definition) is 3. The maximum absolute atomic E-state index is 13.2. The molecule has 96 valence electrons. The van der Waals surface area contributed by atoms with Gasteiger partial charge in [-0.15, -0.1) is 11.3 Å². The average Bonchev–Trinajstić information content (AvgIpc) is 2.82. The lowest BCUT2D eigenvalue weighted by molar-refractivity contribution is 0.606. The Morgan fingerprint density at radius 2 is 2.22 bits per heavy atom. The Kier molecular flexibility index (Phi) is 4.09. The molecule has 2 rings (SSSR count). The standard InChI is InChI=1S/C14H17FN2S/c1-4-16-10(3)13-8-17-14(18-13)11-5-6-12(15)9(2)7-11/h5-8,10,16H,4H2,1-3H3. The fraction of sp³-hybridized carbons (Fsp3) is 0.357. The lowest BCUT2D eigenvalue weighted by Crippen LogP contribution is -2.16. The van der Waals surface area contributed by atoms with Crippen LogP contribution in [0.5, 0.6) is 0 Å². The largest absolute Gasteiger partial charge is 0.310 e. The second-order valence-electron chi connectivity index (χ2n) is 4.31. The molecule has 2 aromatic rings. The summed E-state index contributed by atoms with van der Waals surface area (Å²) in [4.78, 5) is 5.62. The van der Waals surface area contributed by atoms with E-state index in [0.717, 1.165) is 17.1 Å². The zero-order valence-corrected chi connectivity index (χ0v) is 11.6. The van der Waals surface area contributed by atoms with Gasteiger partial charge in [-0.05, 0) is 44.2 Å². The molecule has 0 aliphatic rings.